The summed E-state index contributed by atoms with van der Waals surface area (Å²) in [5, 5.41) is 17.0. The molecule has 104 heavy (non-hydrogen) atoms. The Kier molecular flexibility index (Phi) is 25.6. The number of hydrogen-bond acceptors (Lipinski definition) is 12. The number of fused-ring (bicyclic) bond motifs is 2. The van der Waals surface area contributed by atoms with Crippen molar-refractivity contribution in [2.45, 2.75) is 147 Å². The Morgan fingerprint density at radius 3 is 1.02 bits per heavy atom. The van der Waals surface area contributed by atoms with Crippen molar-refractivity contribution in [3.05, 3.63) is 193 Å². The van der Waals surface area contributed by atoms with Crippen molar-refractivity contribution in [2.24, 2.45) is 11.5 Å². The van der Waals surface area contributed by atoms with Crippen LogP contribution in [-0.4, -0.2) is 136 Å². The third-order valence-electron chi connectivity index (χ3n) is 18.1. The lowest BCUT2D eigenvalue weighted by Crippen LogP contribution is -2.58. The first-order valence-electron chi connectivity index (χ1n) is 33.3. The van der Waals surface area contributed by atoms with Crippen LogP contribution in [0, 0.1) is 0 Å². The fourth-order valence-electron chi connectivity index (χ4n) is 12.3. The van der Waals surface area contributed by atoms with Crippen molar-refractivity contribution in [3.8, 4) is 33.8 Å². The van der Waals surface area contributed by atoms with E-state index in [1.165, 1.54) is 70.5 Å². The first-order valence-corrected chi connectivity index (χ1v) is 36.3. The first kappa shape index (κ1) is 78.9. The molecule has 8 aromatic carbocycles. The summed E-state index contributed by atoms with van der Waals surface area (Å²) >= 11 is 0. The highest BCUT2D eigenvalue weighted by atomic mass is 32.2. The van der Waals surface area contributed by atoms with Crippen LogP contribution in [-0.2, 0) is 51.1 Å². The Balaban J connectivity index is 0.000000204. The zero-order valence-corrected chi connectivity index (χ0v) is 57.4. The van der Waals surface area contributed by atoms with E-state index in [9.17, 15) is 52.8 Å². The van der Waals surface area contributed by atoms with Gasteiger partial charge in [0.05, 0.1) is 22.0 Å². The van der Waals surface area contributed by atoms with Crippen molar-refractivity contribution >= 4 is 65.3 Å². The Hall–Kier alpha value is -9.20. The second kappa shape index (κ2) is 33.7. The number of carbonyl (C=O) groups is 4. The van der Waals surface area contributed by atoms with Crippen molar-refractivity contribution < 1.29 is 99.6 Å². The van der Waals surface area contributed by atoms with Crippen molar-refractivity contribution in [2.75, 3.05) is 26.2 Å². The molecule has 2 amide bonds. The number of rotatable bonds is 18. The number of alkyl halides is 10. The predicted molar refractivity (Wildman–Crippen MR) is 368 cm³/mol. The number of likely N-dealkylation sites (tertiary alicyclic amines) is 2. The maximum absolute atomic E-state index is 16.5. The topological polar surface area (TPSA) is 278 Å². The van der Waals surface area contributed by atoms with Crippen LogP contribution < -0.4 is 30.4 Å². The molecule has 0 bridgehead atoms. The number of piperidine rings is 2. The standard InChI is InChI=1S/2C35H37F2N3O4S.2C2HF3O2/c2*36-35(37,28-10-6-9-25(21-28)24-7-2-1-3-8-24)33(34(41)40-19-17-29(38)18-20-40)39-45(42,43)32-16-14-26-22-31(15-13-27(26)23-32)44-30-11-4-5-12-30;2*3-2(4,5)1(6)7/h2*1-3,6-10,13-16,21-23,29-30,33,39H,4-5,11-12,17-20,38H2;2*(H,6,7)/t2*33-;;/m10../s1. The maximum atomic E-state index is 16.5. The molecule has 2 atom stereocenters. The van der Waals surface area contributed by atoms with Crippen LogP contribution in [0.4, 0.5) is 43.9 Å². The summed E-state index contributed by atoms with van der Waals surface area (Å²) in [5.41, 5.74) is 13.5. The van der Waals surface area contributed by atoms with Gasteiger partial charge >= 0.3 is 24.3 Å². The number of nitrogens with two attached hydrogens (primary N) is 2. The molecule has 18 nitrogen and oxygen atoms in total. The lowest BCUT2D eigenvalue weighted by Gasteiger charge is -2.35. The monoisotopic (exact) mass is 1490 g/mol. The van der Waals surface area contributed by atoms with E-state index < -0.39 is 91.2 Å². The zero-order valence-electron chi connectivity index (χ0n) is 55.7. The quantitative estimate of drug-likeness (QED) is 0.0436. The number of nitrogens with zero attached hydrogens (tertiary/aromatic N) is 2. The summed E-state index contributed by atoms with van der Waals surface area (Å²) in [5.74, 6) is -13.8. The van der Waals surface area contributed by atoms with E-state index in [-0.39, 0.29) is 60.3 Å². The molecule has 8 N–H and O–H groups in total. The minimum absolute atomic E-state index is 0.145. The molecule has 8 aromatic rings. The second-order valence-corrected chi connectivity index (χ2v) is 29.0. The zero-order chi connectivity index (χ0) is 75.4. The predicted octanol–water partition coefficient (Wildman–Crippen LogP) is 13.7. The van der Waals surface area contributed by atoms with Crippen LogP contribution >= 0.6 is 0 Å². The number of sulfonamides is 2. The molecule has 2 aliphatic heterocycles. The Bertz CT molecular complexity index is 4250. The minimum Gasteiger partial charge on any atom is -0.490 e. The molecule has 2 saturated carbocycles. The van der Waals surface area contributed by atoms with Crippen molar-refractivity contribution in [1.29, 1.82) is 0 Å². The number of halogens is 10. The molecule has 2 heterocycles. The summed E-state index contributed by atoms with van der Waals surface area (Å²) in [4.78, 5) is 47.4. The van der Waals surface area contributed by atoms with Crippen LogP contribution in [0.1, 0.15) is 88.2 Å². The number of carboxylic acids is 2. The van der Waals surface area contributed by atoms with Gasteiger partial charge in [-0.15, -0.1) is 0 Å². The largest absolute Gasteiger partial charge is 0.490 e. The smallest absolute Gasteiger partial charge is 0.490 e. The van der Waals surface area contributed by atoms with Gasteiger partial charge in [0.2, 0.25) is 31.9 Å². The molecule has 0 unspecified atom stereocenters. The number of carboxylic acid groups (broad SMARTS) is 2. The number of carbonyl (C=O) groups excluding carboxylic acids is 2. The Morgan fingerprint density at radius 1 is 0.404 bits per heavy atom. The van der Waals surface area contributed by atoms with Crippen LogP contribution in [0.25, 0.3) is 43.8 Å². The van der Waals surface area contributed by atoms with Gasteiger partial charge in [-0.2, -0.15) is 53.3 Å². The molecule has 12 rings (SSSR count). The number of aliphatic carboxylic acids is 2. The normalized spacial score (nSPS) is 16.6. The fourth-order valence-corrected chi connectivity index (χ4v) is 14.7. The van der Waals surface area contributed by atoms with E-state index >= 15 is 17.6 Å². The summed E-state index contributed by atoms with van der Waals surface area (Å²) in [6.07, 6.45) is 0.521. The highest BCUT2D eigenvalue weighted by Gasteiger charge is 2.52. The Morgan fingerprint density at radius 2 is 0.702 bits per heavy atom. The van der Waals surface area contributed by atoms with E-state index in [4.69, 9.17) is 40.7 Å². The molecule has 0 radical (unpaired) electrons. The summed E-state index contributed by atoms with van der Waals surface area (Å²) in [6, 6.07) is 44.0. The summed E-state index contributed by atoms with van der Waals surface area (Å²) in [6.45, 7) is 0.665. The van der Waals surface area contributed by atoms with Crippen molar-refractivity contribution in [1.82, 2.24) is 19.2 Å². The maximum Gasteiger partial charge on any atom is 0.490 e. The fraction of sp³-hybridized carbons (Fsp3) is 0.351. The molecule has 556 valence electrons. The van der Waals surface area contributed by atoms with E-state index in [1.807, 2.05) is 24.3 Å². The van der Waals surface area contributed by atoms with E-state index in [0.29, 0.717) is 59.1 Å². The minimum atomic E-state index is -5.08. The summed E-state index contributed by atoms with van der Waals surface area (Å²) < 4.78 is 201. The van der Waals surface area contributed by atoms with E-state index in [2.05, 4.69) is 9.44 Å². The van der Waals surface area contributed by atoms with Crippen molar-refractivity contribution in [3.63, 3.8) is 0 Å². The highest BCUT2D eigenvalue weighted by molar-refractivity contribution is 7.89. The van der Waals surface area contributed by atoms with Gasteiger partial charge in [0.15, 0.2) is 12.1 Å². The highest BCUT2D eigenvalue weighted by Crippen LogP contribution is 2.40. The molecule has 4 aliphatic rings. The van der Waals surface area contributed by atoms with Gasteiger partial charge in [-0.05, 0) is 182 Å². The molecule has 30 heteroatoms. The lowest BCUT2D eigenvalue weighted by atomic mass is 9.95. The molecule has 0 aromatic heterocycles. The Labute approximate surface area is 593 Å². The number of ether oxygens (including phenoxy) is 2. The van der Waals surface area contributed by atoms with Crippen LogP contribution in [0.15, 0.2) is 192 Å². The first-order chi connectivity index (χ1) is 49.1. The second-order valence-electron chi connectivity index (χ2n) is 25.6. The third-order valence-corrected chi connectivity index (χ3v) is 20.9. The van der Waals surface area contributed by atoms with Gasteiger partial charge in [0, 0.05) is 49.4 Å². The molecular formula is C74H76F10N6O12S2. The SMILES string of the molecule is NC1CCN(C(=O)[C@@H](NS(=O)(=O)c2ccc3cc(OC4CCCC4)ccc3c2)C(F)(F)c2cccc(-c3ccccc3)c2)CC1.NC1CCN(C(=O)[C@H](NS(=O)(=O)c2ccc3cc(OC4CCCC4)ccc3c2)C(F)(F)c2cccc(-c3ccccc3)c2)CC1.O=C(O)C(F)(F)F.O=C(O)C(F)(F)F. The molecular weight excluding hydrogens is 1420 g/mol. The number of amides is 2. The van der Waals surface area contributed by atoms with Crippen LogP contribution in [0.3, 0.4) is 0 Å². The number of benzene rings is 8. The van der Waals surface area contributed by atoms with Gasteiger partial charge in [0.1, 0.15) is 11.5 Å². The number of nitrogens with one attached hydrogen (secondary N) is 2. The van der Waals surface area contributed by atoms with Crippen LogP contribution in [0.2, 0.25) is 0 Å². The van der Waals surface area contributed by atoms with E-state index in [1.54, 1.807) is 97.1 Å². The van der Waals surface area contributed by atoms with Crippen LogP contribution in [0.5, 0.6) is 11.5 Å². The van der Waals surface area contributed by atoms with Gasteiger partial charge in [-0.25, -0.2) is 26.4 Å². The van der Waals surface area contributed by atoms with Gasteiger partial charge in [-0.3, -0.25) is 9.59 Å². The van der Waals surface area contributed by atoms with Gasteiger partial charge in [-0.1, -0.05) is 121 Å². The average molecular weight is 1500 g/mol. The number of hydrogen-bond donors (Lipinski definition) is 6. The lowest BCUT2D eigenvalue weighted by molar-refractivity contribution is -0.193. The third kappa shape index (κ3) is 20.6. The average Bonchev–Trinajstić information content (AvgIpc) is 0.835. The van der Waals surface area contributed by atoms with Gasteiger partial charge in [0.25, 0.3) is 11.8 Å². The molecule has 2 aliphatic carbocycles. The van der Waals surface area contributed by atoms with Gasteiger partial charge < -0.3 is 41.0 Å². The van der Waals surface area contributed by atoms with E-state index in [0.717, 1.165) is 73.3 Å². The summed E-state index contributed by atoms with van der Waals surface area (Å²) in [7, 11) is -9.12. The molecule has 0 spiro atoms. The molecule has 2 saturated heterocycles. The molecule has 4 fully saturated rings.